The second-order valence-corrected chi connectivity index (χ2v) is 4.41. The fourth-order valence-electron chi connectivity index (χ4n) is 1.60. The van der Waals surface area contributed by atoms with Gasteiger partial charge >= 0.3 is 0 Å². The van der Waals surface area contributed by atoms with Gasteiger partial charge in [-0.25, -0.2) is 0 Å². The van der Waals surface area contributed by atoms with E-state index in [1.807, 2.05) is 0 Å². The molecule has 2 aromatic rings. The molecule has 2 rings (SSSR count). The highest BCUT2D eigenvalue weighted by Crippen LogP contribution is 2.20. The minimum absolute atomic E-state index is 0.113. The van der Waals surface area contributed by atoms with Gasteiger partial charge in [0.15, 0.2) is 6.61 Å². The fraction of sp³-hybridized carbons (Fsp3) is 0.133. The van der Waals surface area contributed by atoms with E-state index >= 15 is 0 Å². The maximum Gasteiger partial charge on any atom is 0.262 e. The number of nitrogens with two attached hydrogens (primary N) is 1. The normalized spacial score (nSPS) is 10.1. The quantitative estimate of drug-likeness (QED) is 0.746. The number of phenolic OH excluding ortho intramolecular Hbond substituents is 1. The number of aromatic hydroxyl groups is 1. The van der Waals surface area contributed by atoms with Gasteiger partial charge in [0.1, 0.15) is 11.5 Å². The van der Waals surface area contributed by atoms with Gasteiger partial charge in [-0.3, -0.25) is 4.79 Å². The van der Waals surface area contributed by atoms with Gasteiger partial charge in [0.25, 0.3) is 5.91 Å². The third-order valence-electron chi connectivity index (χ3n) is 2.74. The van der Waals surface area contributed by atoms with Gasteiger partial charge in [-0.15, -0.1) is 0 Å². The third kappa shape index (κ3) is 3.65. The Kier molecular flexibility index (Phi) is 4.10. The molecule has 0 spiro atoms. The van der Waals surface area contributed by atoms with Crippen molar-refractivity contribution in [3.05, 3.63) is 48.0 Å². The molecule has 0 aromatic heterocycles. The minimum Gasteiger partial charge on any atom is -0.508 e. The molecule has 0 heterocycles. The van der Waals surface area contributed by atoms with E-state index in [9.17, 15) is 9.90 Å². The first-order valence-corrected chi connectivity index (χ1v) is 6.12. The molecular weight excluding hydrogens is 256 g/mol. The first-order valence-electron chi connectivity index (χ1n) is 6.12. The van der Waals surface area contributed by atoms with Gasteiger partial charge in [-0.2, -0.15) is 0 Å². The second kappa shape index (κ2) is 5.97. The van der Waals surface area contributed by atoms with Gasteiger partial charge < -0.3 is 20.9 Å². The van der Waals surface area contributed by atoms with E-state index < -0.39 is 0 Å². The highest BCUT2D eigenvalue weighted by Gasteiger charge is 2.05. The summed E-state index contributed by atoms with van der Waals surface area (Å²) in [5.41, 5.74) is 7.47. The molecule has 0 saturated carbocycles. The average Bonchev–Trinajstić information content (AvgIpc) is 2.42. The molecule has 0 bridgehead atoms. The lowest BCUT2D eigenvalue weighted by molar-refractivity contribution is -0.118. The standard InChI is InChI=1S/C15H16N2O3/c1-10-2-5-12(8-14(10)18)17-15(19)9-20-13-6-3-11(16)4-7-13/h2-8,18H,9,16H2,1H3,(H,17,19). The van der Waals surface area contributed by atoms with Crippen LogP contribution in [0.1, 0.15) is 5.56 Å². The molecule has 20 heavy (non-hydrogen) atoms. The number of phenols is 1. The van der Waals surface area contributed by atoms with Crippen molar-refractivity contribution < 1.29 is 14.6 Å². The Balaban J connectivity index is 1.89. The van der Waals surface area contributed by atoms with Crippen LogP contribution in [0.3, 0.4) is 0 Å². The van der Waals surface area contributed by atoms with E-state index in [0.717, 1.165) is 5.56 Å². The van der Waals surface area contributed by atoms with Crippen molar-refractivity contribution in [3.8, 4) is 11.5 Å². The summed E-state index contributed by atoms with van der Waals surface area (Å²) in [5.74, 6) is 0.411. The molecule has 0 aliphatic rings. The van der Waals surface area contributed by atoms with Crippen LogP contribution in [0, 0.1) is 6.92 Å². The predicted molar refractivity (Wildman–Crippen MR) is 77.8 cm³/mol. The zero-order valence-electron chi connectivity index (χ0n) is 11.1. The number of ether oxygens (including phenoxy) is 1. The van der Waals surface area contributed by atoms with Crippen molar-refractivity contribution in [1.29, 1.82) is 0 Å². The lowest BCUT2D eigenvalue weighted by Crippen LogP contribution is -2.20. The van der Waals surface area contributed by atoms with Crippen molar-refractivity contribution >= 4 is 17.3 Å². The zero-order chi connectivity index (χ0) is 14.5. The molecule has 0 saturated heterocycles. The Hall–Kier alpha value is -2.69. The smallest absolute Gasteiger partial charge is 0.262 e. The monoisotopic (exact) mass is 272 g/mol. The first-order chi connectivity index (χ1) is 9.54. The number of nitrogens with one attached hydrogen (secondary N) is 1. The van der Waals surface area contributed by atoms with Crippen LogP contribution in [0.25, 0.3) is 0 Å². The summed E-state index contributed by atoms with van der Waals surface area (Å²) in [7, 11) is 0. The van der Waals surface area contributed by atoms with Crippen LogP contribution in [0.4, 0.5) is 11.4 Å². The third-order valence-corrected chi connectivity index (χ3v) is 2.74. The second-order valence-electron chi connectivity index (χ2n) is 4.41. The van der Waals surface area contributed by atoms with Crippen molar-refractivity contribution in [2.24, 2.45) is 0 Å². The number of carbonyl (C=O) groups excluding carboxylic acids is 1. The van der Waals surface area contributed by atoms with Crippen LogP contribution in [0.2, 0.25) is 0 Å². The van der Waals surface area contributed by atoms with E-state index in [2.05, 4.69) is 5.32 Å². The summed E-state index contributed by atoms with van der Waals surface area (Å²) < 4.78 is 5.32. The van der Waals surface area contributed by atoms with Crippen molar-refractivity contribution in [1.82, 2.24) is 0 Å². The average molecular weight is 272 g/mol. The molecule has 0 aliphatic heterocycles. The zero-order valence-corrected chi connectivity index (χ0v) is 11.1. The molecule has 1 amide bonds. The van der Waals surface area contributed by atoms with Gasteiger partial charge in [-0.05, 0) is 42.8 Å². The number of anilines is 2. The topological polar surface area (TPSA) is 84.6 Å². The van der Waals surface area contributed by atoms with E-state index in [4.69, 9.17) is 10.5 Å². The lowest BCUT2D eigenvalue weighted by atomic mass is 10.2. The van der Waals surface area contributed by atoms with Crippen LogP contribution in [0.15, 0.2) is 42.5 Å². The number of hydrogen-bond donors (Lipinski definition) is 3. The number of nitrogen functional groups attached to an aromatic ring is 1. The number of hydrogen-bond acceptors (Lipinski definition) is 4. The first kappa shape index (κ1) is 13.7. The van der Waals surface area contributed by atoms with Gasteiger partial charge in [0.2, 0.25) is 0 Å². The number of aryl methyl sites for hydroxylation is 1. The van der Waals surface area contributed by atoms with Crippen LogP contribution < -0.4 is 15.8 Å². The summed E-state index contributed by atoms with van der Waals surface area (Å²) in [4.78, 5) is 11.7. The molecule has 0 fully saturated rings. The minimum atomic E-state index is -0.301. The highest BCUT2D eigenvalue weighted by atomic mass is 16.5. The number of amides is 1. The van der Waals surface area contributed by atoms with E-state index in [-0.39, 0.29) is 18.3 Å². The largest absolute Gasteiger partial charge is 0.508 e. The van der Waals surface area contributed by atoms with E-state index in [0.29, 0.717) is 17.1 Å². The fourth-order valence-corrected chi connectivity index (χ4v) is 1.60. The molecule has 4 N–H and O–H groups in total. The van der Waals surface area contributed by atoms with E-state index in [1.165, 1.54) is 6.07 Å². The maximum atomic E-state index is 11.7. The van der Waals surface area contributed by atoms with Gasteiger partial charge in [0, 0.05) is 17.4 Å². The van der Waals surface area contributed by atoms with E-state index in [1.54, 1.807) is 43.3 Å². The maximum absolute atomic E-state index is 11.7. The molecule has 0 radical (unpaired) electrons. The van der Waals surface area contributed by atoms with Crippen molar-refractivity contribution in [2.75, 3.05) is 17.7 Å². The number of rotatable bonds is 4. The summed E-state index contributed by atoms with van der Waals surface area (Å²) in [5, 5.41) is 12.2. The molecule has 0 unspecified atom stereocenters. The summed E-state index contributed by atoms with van der Waals surface area (Å²) in [6.45, 7) is 1.67. The summed E-state index contributed by atoms with van der Waals surface area (Å²) in [6, 6.07) is 11.7. The summed E-state index contributed by atoms with van der Waals surface area (Å²) >= 11 is 0. The van der Waals surface area contributed by atoms with Gasteiger partial charge in [0.05, 0.1) is 0 Å². The number of benzene rings is 2. The predicted octanol–water partition coefficient (Wildman–Crippen LogP) is 2.30. The van der Waals surface area contributed by atoms with Crippen LogP contribution in [0.5, 0.6) is 11.5 Å². The summed E-state index contributed by atoms with van der Waals surface area (Å²) in [6.07, 6.45) is 0. The Labute approximate surface area is 117 Å². The molecule has 0 aliphatic carbocycles. The van der Waals surface area contributed by atoms with Gasteiger partial charge in [-0.1, -0.05) is 6.07 Å². The van der Waals surface area contributed by atoms with Crippen molar-refractivity contribution in [3.63, 3.8) is 0 Å². The Morgan fingerprint density at radius 2 is 1.95 bits per heavy atom. The molecule has 0 atom stereocenters. The molecule has 5 heteroatoms. The molecular formula is C15H16N2O3. The van der Waals surface area contributed by atoms with Crippen molar-refractivity contribution in [2.45, 2.75) is 6.92 Å². The molecule has 2 aromatic carbocycles. The Morgan fingerprint density at radius 3 is 2.60 bits per heavy atom. The molecule has 104 valence electrons. The van der Waals surface area contributed by atoms with Crippen LogP contribution in [-0.2, 0) is 4.79 Å². The Bertz CT molecular complexity index is 609. The van der Waals surface area contributed by atoms with Crippen LogP contribution >= 0.6 is 0 Å². The SMILES string of the molecule is Cc1ccc(NC(=O)COc2ccc(N)cc2)cc1O. The lowest BCUT2D eigenvalue weighted by Gasteiger charge is -2.08. The van der Waals surface area contributed by atoms with Crippen LogP contribution in [-0.4, -0.2) is 17.6 Å². The highest BCUT2D eigenvalue weighted by molar-refractivity contribution is 5.92. The number of carbonyl (C=O) groups is 1. The Morgan fingerprint density at radius 1 is 1.25 bits per heavy atom. The molecule has 5 nitrogen and oxygen atoms in total.